The van der Waals surface area contributed by atoms with Crippen LogP contribution in [0.25, 0.3) is 0 Å². The quantitative estimate of drug-likeness (QED) is 0.731. The molecule has 0 bridgehead atoms. The Morgan fingerprint density at radius 1 is 1.40 bits per heavy atom. The lowest BCUT2D eigenvalue weighted by atomic mass is 10.2. The summed E-state index contributed by atoms with van der Waals surface area (Å²) in [6, 6.07) is 3.80. The molecule has 0 aromatic carbocycles. The van der Waals surface area contributed by atoms with Gasteiger partial charge in [-0.15, -0.1) is 0 Å². The van der Waals surface area contributed by atoms with Crippen molar-refractivity contribution in [1.82, 2.24) is 15.2 Å². The summed E-state index contributed by atoms with van der Waals surface area (Å²) >= 11 is 0. The van der Waals surface area contributed by atoms with Crippen molar-refractivity contribution in [2.24, 2.45) is 0 Å². The number of aliphatic hydroxyl groups excluding tert-OH is 1. The van der Waals surface area contributed by atoms with Crippen LogP contribution in [0.5, 0.6) is 0 Å². The van der Waals surface area contributed by atoms with Crippen molar-refractivity contribution in [1.29, 1.82) is 0 Å². The van der Waals surface area contributed by atoms with Gasteiger partial charge in [-0.1, -0.05) is 6.07 Å². The van der Waals surface area contributed by atoms with Crippen LogP contribution in [0.3, 0.4) is 0 Å². The summed E-state index contributed by atoms with van der Waals surface area (Å²) in [5.41, 5.74) is 1.94. The second kappa shape index (κ2) is 5.21. The molecule has 0 amide bonds. The molecule has 0 spiro atoms. The molecule has 0 unspecified atom stereocenters. The van der Waals surface area contributed by atoms with Crippen LogP contribution < -0.4 is 5.32 Å². The number of aromatic nitrogens is 1. The van der Waals surface area contributed by atoms with E-state index in [0.717, 1.165) is 44.0 Å². The molecule has 2 rings (SSSR count). The van der Waals surface area contributed by atoms with Crippen molar-refractivity contribution < 1.29 is 5.11 Å². The highest BCUT2D eigenvalue weighted by molar-refractivity contribution is 5.18. The summed E-state index contributed by atoms with van der Waals surface area (Å²) in [5, 5.41) is 12.5. The van der Waals surface area contributed by atoms with Crippen molar-refractivity contribution in [3.8, 4) is 0 Å². The van der Waals surface area contributed by atoms with Crippen LogP contribution in [0, 0.1) is 0 Å². The number of hydrogen-bond acceptors (Lipinski definition) is 4. The molecular weight excluding hydrogens is 190 g/mol. The van der Waals surface area contributed by atoms with Crippen LogP contribution in [0.4, 0.5) is 0 Å². The summed E-state index contributed by atoms with van der Waals surface area (Å²) in [6.45, 7) is 5.12. The Morgan fingerprint density at radius 3 is 2.93 bits per heavy atom. The van der Waals surface area contributed by atoms with E-state index < -0.39 is 0 Å². The second-order valence-corrected chi connectivity index (χ2v) is 3.79. The van der Waals surface area contributed by atoms with E-state index >= 15 is 0 Å². The Balaban J connectivity index is 2.02. The van der Waals surface area contributed by atoms with Crippen LogP contribution in [0.15, 0.2) is 18.3 Å². The first-order chi connectivity index (χ1) is 7.40. The third kappa shape index (κ3) is 2.75. The molecule has 4 heteroatoms. The third-order valence-corrected chi connectivity index (χ3v) is 2.74. The van der Waals surface area contributed by atoms with Gasteiger partial charge in [-0.2, -0.15) is 0 Å². The molecule has 2 N–H and O–H groups in total. The highest BCUT2D eigenvalue weighted by Crippen LogP contribution is 2.09. The van der Waals surface area contributed by atoms with Crippen molar-refractivity contribution >= 4 is 0 Å². The first-order valence-corrected chi connectivity index (χ1v) is 5.37. The van der Waals surface area contributed by atoms with Gasteiger partial charge in [-0.05, 0) is 6.07 Å². The average molecular weight is 207 g/mol. The van der Waals surface area contributed by atoms with Gasteiger partial charge in [0, 0.05) is 44.5 Å². The maximum Gasteiger partial charge on any atom is 0.0700 e. The van der Waals surface area contributed by atoms with Crippen molar-refractivity contribution in [2.45, 2.75) is 13.2 Å². The normalized spacial score (nSPS) is 17.9. The molecule has 0 atom stereocenters. The highest BCUT2D eigenvalue weighted by atomic mass is 16.3. The zero-order chi connectivity index (χ0) is 10.5. The standard InChI is InChI=1S/C11H17N3O/c15-9-10-2-1-3-13-11(10)8-14-6-4-12-5-7-14/h1-3,12,15H,4-9H2. The fourth-order valence-corrected chi connectivity index (χ4v) is 1.84. The van der Waals surface area contributed by atoms with Gasteiger partial charge in [0.2, 0.25) is 0 Å². The van der Waals surface area contributed by atoms with Crippen LogP contribution in [0.1, 0.15) is 11.3 Å². The lowest BCUT2D eigenvalue weighted by molar-refractivity contribution is 0.225. The summed E-state index contributed by atoms with van der Waals surface area (Å²) in [6.07, 6.45) is 1.79. The number of nitrogens with one attached hydrogen (secondary N) is 1. The molecule has 1 saturated heterocycles. The minimum absolute atomic E-state index is 0.0786. The zero-order valence-electron chi connectivity index (χ0n) is 8.82. The van der Waals surface area contributed by atoms with Crippen molar-refractivity contribution in [3.63, 3.8) is 0 Å². The molecular formula is C11H17N3O. The van der Waals surface area contributed by atoms with Crippen molar-refractivity contribution in [3.05, 3.63) is 29.6 Å². The maximum absolute atomic E-state index is 9.18. The molecule has 1 aliphatic rings. The van der Waals surface area contributed by atoms with Crippen LogP contribution in [-0.4, -0.2) is 41.2 Å². The van der Waals surface area contributed by atoms with Gasteiger partial charge in [-0.25, -0.2) is 0 Å². The number of piperazine rings is 1. The smallest absolute Gasteiger partial charge is 0.0700 e. The van der Waals surface area contributed by atoms with E-state index in [-0.39, 0.29) is 6.61 Å². The Bertz CT molecular complexity index is 310. The lowest BCUT2D eigenvalue weighted by Crippen LogP contribution is -2.43. The monoisotopic (exact) mass is 207 g/mol. The summed E-state index contributed by atoms with van der Waals surface area (Å²) in [7, 11) is 0. The summed E-state index contributed by atoms with van der Waals surface area (Å²) < 4.78 is 0. The number of pyridine rings is 1. The number of nitrogens with zero attached hydrogens (tertiary/aromatic N) is 2. The van der Waals surface area contributed by atoms with Crippen molar-refractivity contribution in [2.75, 3.05) is 26.2 Å². The first kappa shape index (κ1) is 10.5. The highest BCUT2D eigenvalue weighted by Gasteiger charge is 2.12. The lowest BCUT2D eigenvalue weighted by Gasteiger charge is -2.27. The van der Waals surface area contributed by atoms with Gasteiger partial charge < -0.3 is 10.4 Å². The molecule has 15 heavy (non-hydrogen) atoms. The minimum Gasteiger partial charge on any atom is -0.392 e. The van der Waals surface area contributed by atoms with Gasteiger partial charge in [-0.3, -0.25) is 9.88 Å². The SMILES string of the molecule is OCc1cccnc1CN1CCNCC1. The first-order valence-electron chi connectivity index (χ1n) is 5.37. The molecule has 1 aromatic heterocycles. The number of aliphatic hydroxyl groups is 1. The van der Waals surface area contributed by atoms with Gasteiger partial charge in [0.05, 0.1) is 12.3 Å². The van der Waals surface area contributed by atoms with Gasteiger partial charge in [0.15, 0.2) is 0 Å². The predicted octanol–water partition coefficient (Wildman–Crippen LogP) is -0.0209. The summed E-state index contributed by atoms with van der Waals surface area (Å²) in [4.78, 5) is 6.68. The topological polar surface area (TPSA) is 48.4 Å². The molecule has 82 valence electrons. The van der Waals surface area contributed by atoms with Gasteiger partial charge in [0.1, 0.15) is 0 Å². The van der Waals surface area contributed by atoms with Crippen LogP contribution in [-0.2, 0) is 13.2 Å². The van der Waals surface area contributed by atoms with E-state index in [1.807, 2.05) is 12.1 Å². The molecule has 0 radical (unpaired) electrons. The Hall–Kier alpha value is -0.970. The molecule has 4 nitrogen and oxygen atoms in total. The molecule has 1 aromatic rings. The van der Waals surface area contributed by atoms with Crippen LogP contribution >= 0.6 is 0 Å². The number of hydrogen-bond donors (Lipinski definition) is 2. The molecule has 1 fully saturated rings. The maximum atomic E-state index is 9.18. The van der Waals surface area contributed by atoms with Crippen LogP contribution in [0.2, 0.25) is 0 Å². The summed E-state index contributed by atoms with van der Waals surface area (Å²) in [5.74, 6) is 0. The second-order valence-electron chi connectivity index (χ2n) is 3.79. The average Bonchev–Trinajstić information content (AvgIpc) is 2.31. The van der Waals surface area contributed by atoms with E-state index in [2.05, 4.69) is 15.2 Å². The fourth-order valence-electron chi connectivity index (χ4n) is 1.84. The van der Waals surface area contributed by atoms with E-state index in [0.29, 0.717) is 0 Å². The largest absolute Gasteiger partial charge is 0.392 e. The molecule has 0 aliphatic carbocycles. The zero-order valence-corrected chi connectivity index (χ0v) is 8.82. The van der Waals surface area contributed by atoms with Gasteiger partial charge in [0.25, 0.3) is 0 Å². The third-order valence-electron chi connectivity index (χ3n) is 2.74. The molecule has 0 saturated carbocycles. The van der Waals surface area contributed by atoms with Gasteiger partial charge >= 0.3 is 0 Å². The van der Waals surface area contributed by atoms with E-state index in [4.69, 9.17) is 0 Å². The molecule has 1 aliphatic heterocycles. The molecule has 2 heterocycles. The predicted molar refractivity (Wildman–Crippen MR) is 58.3 cm³/mol. The van der Waals surface area contributed by atoms with E-state index in [9.17, 15) is 5.11 Å². The Morgan fingerprint density at radius 2 is 2.20 bits per heavy atom. The number of rotatable bonds is 3. The van der Waals surface area contributed by atoms with E-state index in [1.165, 1.54) is 0 Å². The van der Waals surface area contributed by atoms with E-state index in [1.54, 1.807) is 6.20 Å². The minimum atomic E-state index is 0.0786. The Labute approximate surface area is 89.9 Å². The fraction of sp³-hybridized carbons (Fsp3) is 0.545. The Kier molecular flexibility index (Phi) is 3.66.